The smallest absolute Gasteiger partial charge is 0.356 e. The van der Waals surface area contributed by atoms with Gasteiger partial charge in [0.1, 0.15) is 5.75 Å². The maximum atomic E-state index is 11.7. The van der Waals surface area contributed by atoms with E-state index in [1.807, 2.05) is 4.68 Å². The lowest BCUT2D eigenvalue weighted by molar-refractivity contribution is 0.0687. The maximum absolute atomic E-state index is 11.7. The molecule has 132 valence electrons. The molecule has 1 fully saturated rings. The van der Waals surface area contributed by atoms with Crippen LogP contribution in [0.15, 0.2) is 16.6 Å². The molecule has 0 amide bonds. The molecule has 1 saturated carbocycles. The molecule has 0 aliphatic heterocycles. The molecule has 0 saturated heterocycles. The Hall–Kier alpha value is -1.82. The Labute approximate surface area is 155 Å². The van der Waals surface area contributed by atoms with E-state index in [1.54, 1.807) is 7.11 Å². The number of rotatable bonds is 3. The first kappa shape index (κ1) is 16.6. The van der Waals surface area contributed by atoms with E-state index in [-0.39, 0.29) is 5.69 Å². The van der Waals surface area contributed by atoms with Crippen molar-refractivity contribution in [3.8, 4) is 17.0 Å². The highest BCUT2D eigenvalue weighted by molar-refractivity contribution is 9.10. The summed E-state index contributed by atoms with van der Waals surface area (Å²) in [5, 5.41) is 14.2. The fraction of sp³-hybridized carbons (Fsp3) is 0.474. The van der Waals surface area contributed by atoms with Gasteiger partial charge in [0.05, 0.1) is 23.3 Å². The van der Waals surface area contributed by atoms with Crippen LogP contribution in [-0.4, -0.2) is 28.0 Å². The van der Waals surface area contributed by atoms with Gasteiger partial charge in [-0.05, 0) is 59.3 Å². The summed E-state index contributed by atoms with van der Waals surface area (Å²) in [5.41, 5.74) is 4.37. The van der Waals surface area contributed by atoms with Gasteiger partial charge in [-0.1, -0.05) is 19.3 Å². The van der Waals surface area contributed by atoms with Crippen LogP contribution in [0, 0.1) is 0 Å². The van der Waals surface area contributed by atoms with Crippen molar-refractivity contribution in [3.63, 3.8) is 0 Å². The molecule has 1 aromatic carbocycles. The molecule has 1 heterocycles. The summed E-state index contributed by atoms with van der Waals surface area (Å²) in [6.07, 6.45) is 7.27. The van der Waals surface area contributed by atoms with E-state index in [4.69, 9.17) is 4.74 Å². The van der Waals surface area contributed by atoms with Crippen molar-refractivity contribution in [1.82, 2.24) is 9.78 Å². The molecule has 0 atom stereocenters. The summed E-state index contributed by atoms with van der Waals surface area (Å²) in [6, 6.07) is 4.40. The highest BCUT2D eigenvalue weighted by atomic mass is 79.9. The van der Waals surface area contributed by atoms with E-state index in [2.05, 4.69) is 33.2 Å². The number of nitrogens with zero attached hydrogens (tertiary/aromatic N) is 2. The first-order chi connectivity index (χ1) is 12.1. The van der Waals surface area contributed by atoms with Crippen LogP contribution in [0.1, 0.15) is 59.8 Å². The largest absolute Gasteiger partial charge is 0.496 e. The molecular formula is C19H21BrN2O3. The lowest BCUT2D eigenvalue weighted by Gasteiger charge is -2.26. The molecule has 1 N–H and O–H groups in total. The minimum atomic E-state index is -0.929. The summed E-state index contributed by atoms with van der Waals surface area (Å²) in [6.45, 7) is 0. The molecule has 5 nitrogen and oxygen atoms in total. The van der Waals surface area contributed by atoms with Crippen molar-refractivity contribution in [2.24, 2.45) is 0 Å². The van der Waals surface area contributed by atoms with E-state index in [0.717, 1.165) is 46.3 Å². The monoisotopic (exact) mass is 404 g/mol. The van der Waals surface area contributed by atoms with Crippen molar-refractivity contribution in [3.05, 3.63) is 33.4 Å². The number of halogens is 1. The number of ether oxygens (including phenoxy) is 1. The van der Waals surface area contributed by atoms with E-state index >= 15 is 0 Å². The Kier molecular flexibility index (Phi) is 4.31. The zero-order chi connectivity index (χ0) is 17.6. The van der Waals surface area contributed by atoms with E-state index < -0.39 is 5.97 Å². The molecule has 0 spiro atoms. The fourth-order valence-corrected chi connectivity index (χ4v) is 4.70. The van der Waals surface area contributed by atoms with Gasteiger partial charge in [-0.2, -0.15) is 5.10 Å². The number of benzene rings is 1. The third-order valence-electron chi connectivity index (χ3n) is 5.41. The first-order valence-electron chi connectivity index (χ1n) is 8.81. The summed E-state index contributed by atoms with van der Waals surface area (Å²) >= 11 is 3.57. The summed E-state index contributed by atoms with van der Waals surface area (Å²) < 4.78 is 8.32. The number of hydrogen-bond donors (Lipinski definition) is 1. The third-order valence-corrected chi connectivity index (χ3v) is 6.03. The van der Waals surface area contributed by atoms with E-state index in [9.17, 15) is 9.90 Å². The second kappa shape index (κ2) is 6.48. The van der Waals surface area contributed by atoms with Gasteiger partial charge in [0.2, 0.25) is 0 Å². The van der Waals surface area contributed by atoms with Gasteiger partial charge in [-0.3, -0.25) is 4.68 Å². The Morgan fingerprint density at radius 3 is 2.72 bits per heavy atom. The molecule has 0 bridgehead atoms. The fourth-order valence-electron chi connectivity index (χ4n) is 4.19. The molecule has 25 heavy (non-hydrogen) atoms. The van der Waals surface area contributed by atoms with Crippen molar-refractivity contribution in [2.45, 2.75) is 51.0 Å². The van der Waals surface area contributed by atoms with Gasteiger partial charge >= 0.3 is 5.97 Å². The Bertz CT molecular complexity index is 838. The average molecular weight is 405 g/mol. The molecule has 6 heteroatoms. The molecule has 0 unspecified atom stereocenters. The molecule has 0 radical (unpaired) electrons. The van der Waals surface area contributed by atoms with Crippen molar-refractivity contribution < 1.29 is 14.6 Å². The van der Waals surface area contributed by atoms with Gasteiger partial charge in [0.25, 0.3) is 0 Å². The van der Waals surface area contributed by atoms with Gasteiger partial charge in [-0.25, -0.2) is 4.79 Å². The predicted molar refractivity (Wildman–Crippen MR) is 98.4 cm³/mol. The molecule has 2 aliphatic carbocycles. The van der Waals surface area contributed by atoms with Crippen molar-refractivity contribution in [1.29, 1.82) is 0 Å². The number of aryl methyl sites for hydroxylation is 1. The highest BCUT2D eigenvalue weighted by Gasteiger charge is 2.31. The lowest BCUT2D eigenvalue weighted by atomic mass is 9.87. The standard InChI is InChI=1S/C19H21BrN2O3/c1-25-16-9-11-7-8-13-17(19(23)24)21-22(12-5-3-2-4-6-12)18(13)14(11)10-15(16)20/h9-10,12H,2-8H2,1H3,(H,23,24). The van der Waals surface area contributed by atoms with E-state index in [0.29, 0.717) is 12.5 Å². The molecule has 1 aromatic heterocycles. The van der Waals surface area contributed by atoms with Crippen molar-refractivity contribution in [2.75, 3.05) is 7.11 Å². The van der Waals surface area contributed by atoms with Crippen LogP contribution in [-0.2, 0) is 12.8 Å². The maximum Gasteiger partial charge on any atom is 0.356 e. The average Bonchev–Trinajstić information content (AvgIpc) is 3.02. The number of aromatic carboxylic acids is 1. The summed E-state index contributed by atoms with van der Waals surface area (Å²) in [7, 11) is 1.66. The SMILES string of the molecule is COc1cc2c(cc1Br)-c1c(c(C(=O)O)nn1C1CCCCC1)CC2. The highest BCUT2D eigenvalue weighted by Crippen LogP contribution is 2.43. The quantitative estimate of drug-likeness (QED) is 0.809. The molecule has 4 rings (SSSR count). The summed E-state index contributed by atoms with van der Waals surface area (Å²) in [5.74, 6) is -0.119. The minimum absolute atomic E-state index is 0.221. The van der Waals surface area contributed by atoms with Crippen LogP contribution >= 0.6 is 15.9 Å². The van der Waals surface area contributed by atoms with Crippen LogP contribution in [0.4, 0.5) is 0 Å². The second-order valence-electron chi connectivity index (χ2n) is 6.86. The predicted octanol–water partition coefficient (Wildman–Crippen LogP) is 4.62. The summed E-state index contributed by atoms with van der Waals surface area (Å²) in [4.78, 5) is 11.7. The van der Waals surface area contributed by atoms with Gasteiger partial charge in [-0.15, -0.1) is 0 Å². The van der Waals surface area contributed by atoms with Crippen LogP contribution in [0.25, 0.3) is 11.3 Å². The van der Waals surface area contributed by atoms with Gasteiger partial charge < -0.3 is 9.84 Å². The minimum Gasteiger partial charge on any atom is -0.496 e. The number of aromatic nitrogens is 2. The Morgan fingerprint density at radius 1 is 1.28 bits per heavy atom. The van der Waals surface area contributed by atoms with Gasteiger partial charge in [0, 0.05) is 11.1 Å². The molecular weight excluding hydrogens is 384 g/mol. The van der Waals surface area contributed by atoms with Crippen LogP contribution in [0.5, 0.6) is 5.75 Å². The van der Waals surface area contributed by atoms with Crippen LogP contribution in [0.2, 0.25) is 0 Å². The zero-order valence-corrected chi connectivity index (χ0v) is 15.8. The number of carboxylic acid groups (broad SMARTS) is 1. The number of fused-ring (bicyclic) bond motifs is 3. The van der Waals surface area contributed by atoms with Crippen molar-refractivity contribution >= 4 is 21.9 Å². The molecule has 2 aliphatic rings. The lowest BCUT2D eigenvalue weighted by Crippen LogP contribution is -2.17. The third kappa shape index (κ3) is 2.76. The Morgan fingerprint density at radius 2 is 2.04 bits per heavy atom. The topological polar surface area (TPSA) is 64.3 Å². The van der Waals surface area contributed by atoms with Crippen LogP contribution in [0.3, 0.4) is 0 Å². The number of carboxylic acids is 1. The number of hydrogen-bond acceptors (Lipinski definition) is 3. The second-order valence-corrected chi connectivity index (χ2v) is 7.72. The molecule has 2 aromatic rings. The number of methoxy groups -OCH3 is 1. The number of carbonyl (C=O) groups is 1. The zero-order valence-electron chi connectivity index (χ0n) is 14.2. The van der Waals surface area contributed by atoms with E-state index in [1.165, 1.54) is 24.8 Å². The Balaban J connectivity index is 1.91. The normalized spacial score (nSPS) is 17.0. The van der Waals surface area contributed by atoms with Gasteiger partial charge in [0.15, 0.2) is 5.69 Å². The van der Waals surface area contributed by atoms with Crippen LogP contribution < -0.4 is 4.74 Å². The first-order valence-corrected chi connectivity index (χ1v) is 9.61.